The quantitative estimate of drug-likeness (QED) is 0.579. The Morgan fingerprint density at radius 1 is 1.27 bits per heavy atom. The third kappa shape index (κ3) is 1.94. The Morgan fingerprint density at radius 2 is 1.91 bits per heavy atom. The molecule has 1 heterocycles. The van der Waals surface area contributed by atoms with Gasteiger partial charge >= 0.3 is 0 Å². The predicted molar refractivity (Wildman–Crippen MR) is 44.6 cm³/mol. The Labute approximate surface area is 68.9 Å². The van der Waals surface area contributed by atoms with Crippen molar-refractivity contribution in [3.63, 3.8) is 0 Å². The van der Waals surface area contributed by atoms with E-state index in [9.17, 15) is 0 Å². The maximum absolute atomic E-state index is 5.63. The highest BCUT2D eigenvalue weighted by molar-refractivity contribution is 4.84. The molecule has 1 fully saturated rings. The first-order valence-corrected chi connectivity index (χ1v) is 4.29. The van der Waals surface area contributed by atoms with Gasteiger partial charge in [-0.25, -0.2) is 0 Å². The van der Waals surface area contributed by atoms with Crippen molar-refractivity contribution < 1.29 is 9.47 Å². The van der Waals surface area contributed by atoms with Crippen molar-refractivity contribution in [3.8, 4) is 0 Å². The Hall–Kier alpha value is -0.0800. The van der Waals surface area contributed by atoms with Crippen molar-refractivity contribution in [2.45, 2.75) is 39.4 Å². The molecule has 0 amide bonds. The molecule has 0 spiro atoms. The van der Waals surface area contributed by atoms with Gasteiger partial charge in [-0.15, -0.1) is 0 Å². The van der Waals surface area contributed by atoms with E-state index in [0.29, 0.717) is 5.92 Å². The summed E-state index contributed by atoms with van der Waals surface area (Å²) in [6.45, 7) is 10.00. The third-order valence-electron chi connectivity index (χ3n) is 2.15. The fourth-order valence-electron chi connectivity index (χ4n) is 1.76. The maximum Gasteiger partial charge on any atom is 0.0890 e. The van der Waals surface area contributed by atoms with Crippen LogP contribution in [-0.2, 0) is 9.47 Å². The highest BCUT2D eigenvalue weighted by atomic mass is 16.6. The van der Waals surface area contributed by atoms with Crippen LogP contribution in [0.25, 0.3) is 0 Å². The molecule has 0 saturated carbocycles. The molecule has 1 atom stereocenters. The van der Waals surface area contributed by atoms with Gasteiger partial charge in [0, 0.05) is 0 Å². The van der Waals surface area contributed by atoms with Gasteiger partial charge in [0.1, 0.15) is 0 Å². The second kappa shape index (κ2) is 3.11. The SMILES string of the molecule is CC(C)C1OCCOC1(C)C. The van der Waals surface area contributed by atoms with Crippen molar-refractivity contribution in [1.82, 2.24) is 0 Å². The van der Waals surface area contributed by atoms with E-state index in [0.717, 1.165) is 13.2 Å². The topological polar surface area (TPSA) is 18.5 Å². The van der Waals surface area contributed by atoms with E-state index in [-0.39, 0.29) is 11.7 Å². The molecule has 1 aliphatic heterocycles. The zero-order chi connectivity index (χ0) is 8.48. The minimum atomic E-state index is -0.105. The van der Waals surface area contributed by atoms with Crippen LogP contribution in [0.5, 0.6) is 0 Å². The van der Waals surface area contributed by atoms with Gasteiger partial charge in [-0.05, 0) is 19.8 Å². The molecule has 2 heteroatoms. The summed E-state index contributed by atoms with van der Waals surface area (Å²) in [5.74, 6) is 0.533. The summed E-state index contributed by atoms with van der Waals surface area (Å²) >= 11 is 0. The van der Waals surface area contributed by atoms with Crippen LogP contribution in [0.2, 0.25) is 0 Å². The average Bonchev–Trinajstić information content (AvgIpc) is 1.85. The smallest absolute Gasteiger partial charge is 0.0890 e. The van der Waals surface area contributed by atoms with Crippen LogP contribution >= 0.6 is 0 Å². The fourth-order valence-corrected chi connectivity index (χ4v) is 1.76. The van der Waals surface area contributed by atoms with Crippen molar-refractivity contribution >= 4 is 0 Å². The summed E-state index contributed by atoms with van der Waals surface area (Å²) in [4.78, 5) is 0. The Balaban J connectivity index is 2.60. The highest BCUT2D eigenvalue weighted by Gasteiger charge is 2.36. The molecule has 0 aromatic carbocycles. The van der Waals surface area contributed by atoms with Gasteiger partial charge in [-0.2, -0.15) is 0 Å². The van der Waals surface area contributed by atoms with Gasteiger partial charge in [0.2, 0.25) is 0 Å². The molecule has 1 rings (SSSR count). The number of ether oxygens (including phenoxy) is 2. The largest absolute Gasteiger partial charge is 0.373 e. The van der Waals surface area contributed by atoms with Crippen molar-refractivity contribution in [1.29, 1.82) is 0 Å². The molecular weight excluding hydrogens is 140 g/mol. The van der Waals surface area contributed by atoms with Crippen LogP contribution in [0.4, 0.5) is 0 Å². The van der Waals surface area contributed by atoms with E-state index in [1.807, 2.05) is 0 Å². The molecule has 0 N–H and O–H groups in total. The van der Waals surface area contributed by atoms with E-state index >= 15 is 0 Å². The average molecular weight is 158 g/mol. The van der Waals surface area contributed by atoms with Gasteiger partial charge in [-0.1, -0.05) is 13.8 Å². The lowest BCUT2D eigenvalue weighted by molar-refractivity contribution is -0.199. The predicted octanol–water partition coefficient (Wildman–Crippen LogP) is 1.84. The van der Waals surface area contributed by atoms with E-state index < -0.39 is 0 Å². The zero-order valence-corrected chi connectivity index (χ0v) is 7.89. The molecule has 0 aromatic rings. The molecule has 66 valence electrons. The lowest BCUT2D eigenvalue weighted by atomic mass is 9.91. The van der Waals surface area contributed by atoms with E-state index in [1.165, 1.54) is 0 Å². The fraction of sp³-hybridized carbons (Fsp3) is 1.00. The molecule has 0 aliphatic carbocycles. The van der Waals surface area contributed by atoms with Gasteiger partial charge in [0.05, 0.1) is 24.9 Å². The van der Waals surface area contributed by atoms with Crippen LogP contribution in [-0.4, -0.2) is 24.9 Å². The molecule has 1 unspecified atom stereocenters. The summed E-state index contributed by atoms with van der Waals surface area (Å²) in [5.41, 5.74) is -0.105. The Kier molecular flexibility index (Phi) is 2.55. The van der Waals surface area contributed by atoms with Crippen LogP contribution in [0.3, 0.4) is 0 Å². The van der Waals surface area contributed by atoms with Gasteiger partial charge in [-0.3, -0.25) is 0 Å². The Bertz CT molecular complexity index is 130. The van der Waals surface area contributed by atoms with E-state index in [2.05, 4.69) is 27.7 Å². The monoisotopic (exact) mass is 158 g/mol. The first-order valence-electron chi connectivity index (χ1n) is 4.29. The molecule has 1 saturated heterocycles. The Morgan fingerprint density at radius 3 is 2.27 bits per heavy atom. The summed E-state index contributed by atoms with van der Waals surface area (Å²) in [6, 6.07) is 0. The van der Waals surface area contributed by atoms with Gasteiger partial charge in [0.25, 0.3) is 0 Å². The summed E-state index contributed by atoms with van der Waals surface area (Å²) in [6.07, 6.45) is 0.247. The lowest BCUT2D eigenvalue weighted by Crippen LogP contribution is -2.49. The number of rotatable bonds is 1. The maximum atomic E-state index is 5.63. The van der Waals surface area contributed by atoms with Crippen LogP contribution in [0.15, 0.2) is 0 Å². The molecule has 0 aromatic heterocycles. The molecule has 2 nitrogen and oxygen atoms in total. The standard InChI is InChI=1S/C9H18O2/c1-7(2)8-9(3,4)11-6-5-10-8/h7-8H,5-6H2,1-4H3. The summed E-state index contributed by atoms with van der Waals surface area (Å²) in [7, 11) is 0. The summed E-state index contributed by atoms with van der Waals surface area (Å²) in [5, 5.41) is 0. The van der Waals surface area contributed by atoms with Crippen molar-refractivity contribution in [3.05, 3.63) is 0 Å². The van der Waals surface area contributed by atoms with E-state index in [1.54, 1.807) is 0 Å². The molecule has 0 radical (unpaired) electrons. The molecule has 0 bridgehead atoms. The first kappa shape index (κ1) is 9.01. The minimum absolute atomic E-state index is 0.105. The van der Waals surface area contributed by atoms with Gasteiger partial charge in [0.15, 0.2) is 0 Å². The first-order chi connectivity index (χ1) is 5.04. The van der Waals surface area contributed by atoms with Gasteiger partial charge < -0.3 is 9.47 Å². The van der Waals surface area contributed by atoms with Crippen LogP contribution < -0.4 is 0 Å². The second-order valence-electron chi connectivity index (χ2n) is 3.99. The van der Waals surface area contributed by atoms with E-state index in [4.69, 9.17) is 9.47 Å². The zero-order valence-electron chi connectivity index (χ0n) is 7.89. The lowest BCUT2D eigenvalue weighted by Gasteiger charge is -2.40. The molecule has 11 heavy (non-hydrogen) atoms. The molecule has 1 aliphatic rings. The normalized spacial score (nSPS) is 30.8. The number of hydrogen-bond acceptors (Lipinski definition) is 2. The molecular formula is C9H18O2. The van der Waals surface area contributed by atoms with Crippen molar-refractivity contribution in [2.75, 3.05) is 13.2 Å². The number of hydrogen-bond donors (Lipinski definition) is 0. The van der Waals surface area contributed by atoms with Crippen LogP contribution in [0.1, 0.15) is 27.7 Å². The second-order valence-corrected chi connectivity index (χ2v) is 3.99. The summed E-state index contributed by atoms with van der Waals surface area (Å²) < 4.78 is 11.2. The van der Waals surface area contributed by atoms with Crippen LogP contribution in [0, 0.1) is 5.92 Å². The minimum Gasteiger partial charge on any atom is -0.373 e. The third-order valence-corrected chi connectivity index (χ3v) is 2.15. The van der Waals surface area contributed by atoms with Crippen molar-refractivity contribution in [2.24, 2.45) is 5.92 Å². The highest BCUT2D eigenvalue weighted by Crippen LogP contribution is 2.27.